The molecule has 1 aromatic carbocycles. The second-order valence-corrected chi connectivity index (χ2v) is 6.03. The molecule has 0 atom stereocenters. The van der Waals surface area contributed by atoms with Crippen LogP contribution in [0.1, 0.15) is 25.5 Å². The molecule has 0 spiro atoms. The third kappa shape index (κ3) is 4.49. The highest BCUT2D eigenvalue weighted by Crippen LogP contribution is 2.26. The van der Waals surface area contributed by atoms with Crippen LogP contribution in [0, 0.1) is 6.92 Å². The highest BCUT2D eigenvalue weighted by Gasteiger charge is 2.08. The Morgan fingerprint density at radius 3 is 2.59 bits per heavy atom. The number of nitrogens with one attached hydrogen (secondary N) is 1. The summed E-state index contributed by atoms with van der Waals surface area (Å²) in [6.45, 7) is 5.11. The third-order valence-corrected chi connectivity index (χ3v) is 3.99. The summed E-state index contributed by atoms with van der Waals surface area (Å²) in [6, 6.07) is 7.34. The molecule has 0 aliphatic heterocycles. The van der Waals surface area contributed by atoms with Crippen LogP contribution >= 0.6 is 23.2 Å². The Kier molecular flexibility index (Phi) is 5.86. The van der Waals surface area contributed by atoms with Crippen molar-refractivity contribution in [3.63, 3.8) is 0 Å². The van der Waals surface area contributed by atoms with Gasteiger partial charge in [0.05, 0.1) is 10.0 Å². The Morgan fingerprint density at radius 2 is 1.91 bits per heavy atom. The largest absolute Gasteiger partial charge is 0.360 e. The lowest BCUT2D eigenvalue weighted by molar-refractivity contribution is 0.758. The summed E-state index contributed by atoms with van der Waals surface area (Å²) in [7, 11) is 2.04. The molecule has 0 aliphatic carbocycles. The van der Waals surface area contributed by atoms with E-state index in [0.717, 1.165) is 36.6 Å². The second kappa shape index (κ2) is 7.65. The molecule has 0 saturated carbocycles. The first-order valence-electron chi connectivity index (χ1n) is 7.28. The van der Waals surface area contributed by atoms with Crippen LogP contribution in [-0.4, -0.2) is 23.6 Å². The summed E-state index contributed by atoms with van der Waals surface area (Å²) in [4.78, 5) is 11.1. The van der Waals surface area contributed by atoms with Crippen molar-refractivity contribution in [3.8, 4) is 0 Å². The SMILES string of the molecule is CCCCN(C)c1cc(C)nc(Nc2ccc(Cl)c(Cl)c2)n1. The molecule has 0 radical (unpaired) electrons. The summed E-state index contributed by atoms with van der Waals surface area (Å²) in [5.74, 6) is 1.46. The van der Waals surface area contributed by atoms with Crippen molar-refractivity contribution in [3.05, 3.63) is 40.0 Å². The Morgan fingerprint density at radius 1 is 1.14 bits per heavy atom. The van der Waals surface area contributed by atoms with E-state index < -0.39 is 0 Å². The third-order valence-electron chi connectivity index (χ3n) is 3.25. The van der Waals surface area contributed by atoms with Crippen LogP contribution < -0.4 is 10.2 Å². The lowest BCUT2D eigenvalue weighted by Gasteiger charge is -2.19. The number of hydrogen-bond acceptors (Lipinski definition) is 4. The van der Waals surface area contributed by atoms with Gasteiger partial charge in [0.25, 0.3) is 0 Å². The predicted molar refractivity (Wildman–Crippen MR) is 94.7 cm³/mol. The number of benzene rings is 1. The summed E-state index contributed by atoms with van der Waals surface area (Å²) in [6.07, 6.45) is 2.29. The Bertz CT molecular complexity index is 646. The van der Waals surface area contributed by atoms with Gasteiger partial charge in [0.1, 0.15) is 5.82 Å². The zero-order valence-corrected chi connectivity index (χ0v) is 14.5. The first-order valence-corrected chi connectivity index (χ1v) is 8.04. The van der Waals surface area contributed by atoms with Gasteiger partial charge in [-0.1, -0.05) is 36.5 Å². The molecule has 1 heterocycles. The van der Waals surface area contributed by atoms with E-state index in [1.54, 1.807) is 12.1 Å². The zero-order valence-electron chi connectivity index (χ0n) is 13.0. The van der Waals surface area contributed by atoms with Crippen molar-refractivity contribution < 1.29 is 0 Å². The van der Waals surface area contributed by atoms with Crippen molar-refractivity contribution >= 4 is 40.7 Å². The molecule has 1 N–H and O–H groups in total. The van der Waals surface area contributed by atoms with Crippen LogP contribution in [-0.2, 0) is 0 Å². The molecule has 2 aromatic rings. The van der Waals surface area contributed by atoms with Crippen molar-refractivity contribution in [1.82, 2.24) is 9.97 Å². The van der Waals surface area contributed by atoms with E-state index in [-0.39, 0.29) is 0 Å². The fraction of sp³-hybridized carbons (Fsp3) is 0.375. The second-order valence-electron chi connectivity index (χ2n) is 5.22. The highest BCUT2D eigenvalue weighted by atomic mass is 35.5. The topological polar surface area (TPSA) is 41.1 Å². The minimum Gasteiger partial charge on any atom is -0.360 e. The van der Waals surface area contributed by atoms with Crippen LogP contribution in [0.2, 0.25) is 10.0 Å². The number of rotatable bonds is 6. The van der Waals surface area contributed by atoms with Crippen molar-refractivity contribution in [1.29, 1.82) is 0 Å². The molecule has 118 valence electrons. The lowest BCUT2D eigenvalue weighted by Crippen LogP contribution is -2.20. The number of aromatic nitrogens is 2. The van der Waals surface area contributed by atoms with Gasteiger partial charge in [0.15, 0.2) is 0 Å². The van der Waals surface area contributed by atoms with Gasteiger partial charge in [0, 0.05) is 31.0 Å². The van der Waals surface area contributed by atoms with E-state index >= 15 is 0 Å². The fourth-order valence-corrected chi connectivity index (χ4v) is 2.31. The minimum atomic E-state index is 0.500. The van der Waals surface area contributed by atoms with Crippen LogP contribution in [0.4, 0.5) is 17.5 Å². The van der Waals surface area contributed by atoms with E-state index in [0.29, 0.717) is 16.0 Å². The van der Waals surface area contributed by atoms with Gasteiger partial charge >= 0.3 is 0 Å². The number of aryl methyl sites for hydroxylation is 1. The molecular formula is C16H20Cl2N4. The fourth-order valence-electron chi connectivity index (χ4n) is 2.02. The molecule has 1 aromatic heterocycles. The smallest absolute Gasteiger partial charge is 0.229 e. The average molecular weight is 339 g/mol. The average Bonchev–Trinajstić information content (AvgIpc) is 2.48. The molecule has 0 bridgehead atoms. The van der Waals surface area contributed by atoms with E-state index in [1.807, 2.05) is 26.1 Å². The van der Waals surface area contributed by atoms with Gasteiger partial charge in [0.2, 0.25) is 5.95 Å². The molecule has 0 saturated heterocycles. The van der Waals surface area contributed by atoms with Gasteiger partial charge in [-0.3, -0.25) is 0 Å². The van der Waals surface area contributed by atoms with Crippen molar-refractivity contribution in [2.24, 2.45) is 0 Å². The summed E-state index contributed by atoms with van der Waals surface area (Å²) in [5, 5.41) is 4.20. The number of hydrogen-bond donors (Lipinski definition) is 1. The van der Waals surface area contributed by atoms with Crippen LogP contribution in [0.15, 0.2) is 24.3 Å². The zero-order chi connectivity index (χ0) is 16.1. The normalized spacial score (nSPS) is 10.6. The molecule has 2 rings (SSSR count). The van der Waals surface area contributed by atoms with Crippen LogP contribution in [0.25, 0.3) is 0 Å². The van der Waals surface area contributed by atoms with Gasteiger partial charge < -0.3 is 10.2 Å². The van der Waals surface area contributed by atoms with E-state index in [1.165, 1.54) is 0 Å². The molecule has 0 fully saturated rings. The van der Waals surface area contributed by atoms with Gasteiger partial charge in [-0.2, -0.15) is 4.98 Å². The quantitative estimate of drug-likeness (QED) is 0.798. The van der Waals surface area contributed by atoms with Crippen LogP contribution in [0.3, 0.4) is 0 Å². The van der Waals surface area contributed by atoms with Crippen LogP contribution in [0.5, 0.6) is 0 Å². The first kappa shape index (κ1) is 16.8. The molecule has 22 heavy (non-hydrogen) atoms. The van der Waals surface area contributed by atoms with Gasteiger partial charge in [-0.05, 0) is 31.5 Å². The Labute approximate surface area is 141 Å². The maximum Gasteiger partial charge on any atom is 0.229 e. The highest BCUT2D eigenvalue weighted by molar-refractivity contribution is 6.42. The lowest BCUT2D eigenvalue weighted by atomic mass is 10.3. The maximum atomic E-state index is 6.03. The molecule has 0 aliphatic rings. The van der Waals surface area contributed by atoms with E-state index in [4.69, 9.17) is 23.2 Å². The summed E-state index contributed by atoms with van der Waals surface area (Å²) >= 11 is 12.0. The standard InChI is InChI=1S/C16H20Cl2N4/c1-4-5-8-22(3)15-9-11(2)19-16(21-15)20-12-6-7-13(17)14(18)10-12/h6-7,9-10H,4-5,8H2,1-3H3,(H,19,20,21). The predicted octanol–water partition coefficient (Wildman–Crippen LogP) is 5.07. The van der Waals surface area contributed by atoms with Gasteiger partial charge in [-0.25, -0.2) is 4.98 Å². The summed E-state index contributed by atoms with van der Waals surface area (Å²) < 4.78 is 0. The number of unbranched alkanes of at least 4 members (excludes halogenated alkanes) is 1. The number of halogens is 2. The first-order chi connectivity index (χ1) is 10.5. The van der Waals surface area contributed by atoms with Crippen molar-refractivity contribution in [2.45, 2.75) is 26.7 Å². The van der Waals surface area contributed by atoms with E-state index in [2.05, 4.69) is 27.1 Å². The maximum absolute atomic E-state index is 6.03. The molecule has 0 amide bonds. The number of anilines is 3. The van der Waals surface area contributed by atoms with Gasteiger partial charge in [-0.15, -0.1) is 0 Å². The minimum absolute atomic E-state index is 0.500. The van der Waals surface area contributed by atoms with E-state index in [9.17, 15) is 0 Å². The Balaban J connectivity index is 2.20. The molecule has 6 heteroatoms. The Hall–Kier alpha value is -1.52. The van der Waals surface area contributed by atoms with Crippen molar-refractivity contribution in [2.75, 3.05) is 23.8 Å². The molecular weight excluding hydrogens is 319 g/mol. The molecule has 4 nitrogen and oxygen atoms in total. The summed E-state index contributed by atoms with van der Waals surface area (Å²) in [5.41, 5.74) is 1.72. The monoisotopic (exact) mass is 338 g/mol. The number of nitrogens with zero attached hydrogens (tertiary/aromatic N) is 3. The molecule has 0 unspecified atom stereocenters.